The highest BCUT2D eigenvalue weighted by Crippen LogP contribution is 2.29. The van der Waals surface area contributed by atoms with Gasteiger partial charge in [-0.1, -0.05) is 36.8 Å². The number of thiocarbonyl (C=S) groups is 1. The fraction of sp³-hybridized carbons (Fsp3) is 0.909. The van der Waals surface area contributed by atoms with Crippen LogP contribution in [0.25, 0.3) is 0 Å². The van der Waals surface area contributed by atoms with E-state index in [1.807, 2.05) is 0 Å². The fourth-order valence-corrected chi connectivity index (χ4v) is 3.62. The third kappa shape index (κ3) is 3.09. The average Bonchev–Trinajstić information content (AvgIpc) is 2.81. The van der Waals surface area contributed by atoms with E-state index in [-0.39, 0.29) is 0 Å². The van der Waals surface area contributed by atoms with Gasteiger partial charge in [0.1, 0.15) is 4.32 Å². The van der Waals surface area contributed by atoms with E-state index in [2.05, 4.69) is 9.80 Å². The maximum atomic E-state index is 5.46. The van der Waals surface area contributed by atoms with Crippen molar-refractivity contribution < 1.29 is 4.74 Å². The minimum absolute atomic E-state index is 0.699. The highest BCUT2D eigenvalue weighted by Gasteiger charge is 2.29. The summed E-state index contributed by atoms with van der Waals surface area (Å²) >= 11 is 7.26. The quantitative estimate of drug-likeness (QED) is 0.717. The number of hydrogen-bond donors (Lipinski definition) is 0. The maximum absolute atomic E-state index is 5.46. The summed E-state index contributed by atoms with van der Waals surface area (Å²) in [5.41, 5.74) is 0. The Balaban J connectivity index is 1.86. The number of ether oxygens (including phenoxy) is 1. The predicted molar refractivity (Wildman–Crippen MR) is 72.6 cm³/mol. The van der Waals surface area contributed by atoms with Crippen LogP contribution in [-0.4, -0.2) is 53.0 Å². The number of thioether (sulfide) groups is 1. The third-order valence-corrected chi connectivity index (χ3v) is 4.90. The van der Waals surface area contributed by atoms with Gasteiger partial charge in [0.25, 0.3) is 0 Å². The van der Waals surface area contributed by atoms with Gasteiger partial charge in [-0.15, -0.1) is 0 Å². The van der Waals surface area contributed by atoms with E-state index >= 15 is 0 Å². The summed E-state index contributed by atoms with van der Waals surface area (Å²) < 4.78 is 6.23. The molecule has 5 heteroatoms. The molecular weight excluding hydrogens is 240 g/mol. The first-order valence-corrected chi connectivity index (χ1v) is 7.35. The predicted octanol–water partition coefficient (Wildman–Crippen LogP) is 2.13. The van der Waals surface area contributed by atoms with E-state index in [1.54, 1.807) is 18.9 Å². The Morgan fingerprint density at radius 1 is 1.44 bits per heavy atom. The molecule has 0 amide bonds. The second-order valence-corrected chi connectivity index (χ2v) is 6.05. The Kier molecular flexibility index (Phi) is 4.88. The van der Waals surface area contributed by atoms with Crippen LogP contribution < -0.4 is 0 Å². The van der Waals surface area contributed by atoms with Crippen molar-refractivity contribution in [3.8, 4) is 0 Å². The third-order valence-electron chi connectivity index (χ3n) is 3.33. The van der Waals surface area contributed by atoms with Crippen molar-refractivity contribution in [1.82, 2.24) is 9.80 Å². The summed E-state index contributed by atoms with van der Waals surface area (Å²) in [6.45, 7) is 2.82. The van der Waals surface area contributed by atoms with Gasteiger partial charge in [-0.2, -0.15) is 0 Å². The molecule has 1 saturated carbocycles. The first kappa shape index (κ1) is 12.6. The summed E-state index contributed by atoms with van der Waals surface area (Å²) in [5.74, 6) is 1.02. The van der Waals surface area contributed by atoms with Crippen molar-refractivity contribution in [3.05, 3.63) is 0 Å². The van der Waals surface area contributed by atoms with Crippen LogP contribution in [0.3, 0.4) is 0 Å². The lowest BCUT2D eigenvalue weighted by Gasteiger charge is -2.40. The number of nitrogens with zero attached hydrogens (tertiary/aromatic N) is 2. The molecule has 2 fully saturated rings. The zero-order valence-electron chi connectivity index (χ0n) is 9.85. The van der Waals surface area contributed by atoms with Gasteiger partial charge in [0, 0.05) is 19.7 Å². The molecule has 0 unspecified atom stereocenters. The number of rotatable bonds is 4. The molecule has 0 aromatic rings. The van der Waals surface area contributed by atoms with Gasteiger partial charge in [0.15, 0.2) is 0 Å². The summed E-state index contributed by atoms with van der Waals surface area (Å²) in [7, 11) is 1.76. The van der Waals surface area contributed by atoms with E-state index in [4.69, 9.17) is 17.0 Å². The lowest BCUT2D eigenvalue weighted by atomic mass is 10.2. The monoisotopic (exact) mass is 260 g/mol. The minimum atomic E-state index is 0.699. The molecule has 16 heavy (non-hydrogen) atoms. The van der Waals surface area contributed by atoms with E-state index in [9.17, 15) is 0 Å². The molecule has 92 valence electrons. The van der Waals surface area contributed by atoms with Gasteiger partial charge < -0.3 is 9.64 Å². The van der Waals surface area contributed by atoms with Crippen LogP contribution in [-0.2, 0) is 4.74 Å². The van der Waals surface area contributed by atoms with Crippen LogP contribution in [0.15, 0.2) is 0 Å². The first-order valence-electron chi connectivity index (χ1n) is 5.96. The molecule has 1 saturated heterocycles. The Bertz CT molecular complexity index is 244. The molecule has 0 aromatic carbocycles. The summed E-state index contributed by atoms with van der Waals surface area (Å²) in [6, 6.07) is 0.699. The van der Waals surface area contributed by atoms with Crippen molar-refractivity contribution in [2.24, 2.45) is 0 Å². The Labute approximate surface area is 107 Å². The van der Waals surface area contributed by atoms with Crippen LogP contribution in [0.2, 0.25) is 0 Å². The van der Waals surface area contributed by atoms with Crippen LogP contribution >= 0.6 is 24.0 Å². The SMILES string of the molecule is COCCN1CSC(=S)N(C2CCCC2)C1. The summed E-state index contributed by atoms with van der Waals surface area (Å²) in [6.07, 6.45) is 5.37. The lowest BCUT2D eigenvalue weighted by molar-refractivity contribution is 0.121. The second kappa shape index (κ2) is 6.19. The zero-order valence-corrected chi connectivity index (χ0v) is 11.5. The van der Waals surface area contributed by atoms with Gasteiger partial charge in [-0.3, -0.25) is 4.90 Å². The summed E-state index contributed by atoms with van der Waals surface area (Å²) in [5, 5.41) is 0. The van der Waals surface area contributed by atoms with Crippen molar-refractivity contribution in [3.63, 3.8) is 0 Å². The molecule has 0 radical (unpaired) electrons. The van der Waals surface area contributed by atoms with Crippen molar-refractivity contribution in [1.29, 1.82) is 0 Å². The lowest BCUT2D eigenvalue weighted by Crippen LogP contribution is -2.49. The molecule has 3 nitrogen and oxygen atoms in total. The molecule has 1 aliphatic carbocycles. The van der Waals surface area contributed by atoms with Crippen LogP contribution in [0.4, 0.5) is 0 Å². The first-order chi connectivity index (χ1) is 7.81. The standard InChI is InChI=1S/C11H20N2OS2/c1-14-7-6-12-8-13(11(15)16-9-12)10-4-2-3-5-10/h10H,2-9H2,1H3. The Hall–Kier alpha value is 0.160. The van der Waals surface area contributed by atoms with Gasteiger partial charge in [-0.25, -0.2) is 0 Å². The van der Waals surface area contributed by atoms with E-state index < -0.39 is 0 Å². The van der Waals surface area contributed by atoms with E-state index in [0.717, 1.165) is 30.0 Å². The molecule has 1 heterocycles. The van der Waals surface area contributed by atoms with Crippen LogP contribution in [0.1, 0.15) is 25.7 Å². The van der Waals surface area contributed by atoms with Crippen molar-refractivity contribution in [2.45, 2.75) is 31.7 Å². The van der Waals surface area contributed by atoms with Gasteiger partial charge in [0.05, 0.1) is 19.2 Å². The molecule has 1 aliphatic heterocycles. The topological polar surface area (TPSA) is 15.7 Å². The second-order valence-electron chi connectivity index (χ2n) is 4.48. The van der Waals surface area contributed by atoms with Crippen molar-refractivity contribution >= 4 is 28.3 Å². The number of methoxy groups -OCH3 is 1. The van der Waals surface area contributed by atoms with Gasteiger partial charge in [-0.05, 0) is 12.8 Å². The largest absolute Gasteiger partial charge is 0.383 e. The van der Waals surface area contributed by atoms with E-state index in [1.165, 1.54) is 25.7 Å². The molecule has 0 N–H and O–H groups in total. The molecule has 2 rings (SSSR count). The average molecular weight is 260 g/mol. The molecule has 2 aliphatic rings. The van der Waals surface area contributed by atoms with Gasteiger partial charge in [0.2, 0.25) is 0 Å². The maximum Gasteiger partial charge on any atom is 0.138 e. The Morgan fingerprint density at radius 2 is 2.19 bits per heavy atom. The highest BCUT2D eigenvalue weighted by atomic mass is 32.2. The smallest absolute Gasteiger partial charge is 0.138 e. The van der Waals surface area contributed by atoms with Crippen LogP contribution in [0, 0.1) is 0 Å². The van der Waals surface area contributed by atoms with Gasteiger partial charge >= 0.3 is 0 Å². The van der Waals surface area contributed by atoms with Crippen molar-refractivity contribution in [2.75, 3.05) is 32.8 Å². The van der Waals surface area contributed by atoms with E-state index in [0.29, 0.717) is 6.04 Å². The molecule has 0 spiro atoms. The van der Waals surface area contributed by atoms with Crippen LogP contribution in [0.5, 0.6) is 0 Å². The normalized spacial score (nSPS) is 24.3. The fourth-order valence-electron chi connectivity index (χ4n) is 2.38. The zero-order chi connectivity index (χ0) is 11.4. The molecular formula is C11H20N2OS2. The molecule has 0 aromatic heterocycles. The summed E-state index contributed by atoms with van der Waals surface area (Å²) in [4.78, 5) is 4.84. The minimum Gasteiger partial charge on any atom is -0.383 e. The molecule has 0 atom stereocenters. The molecule has 0 bridgehead atoms. The Morgan fingerprint density at radius 3 is 2.88 bits per heavy atom. The number of hydrogen-bond acceptors (Lipinski definition) is 4. The highest BCUT2D eigenvalue weighted by molar-refractivity contribution is 8.22.